The van der Waals surface area contributed by atoms with Gasteiger partial charge in [-0.3, -0.25) is 0 Å². The van der Waals surface area contributed by atoms with E-state index < -0.39 is 0 Å². The molecular formula is C12H18FNO. The molecule has 0 heterocycles. The Morgan fingerprint density at radius 1 is 1.47 bits per heavy atom. The van der Waals surface area contributed by atoms with Crippen molar-refractivity contribution in [1.29, 1.82) is 0 Å². The molecule has 0 aliphatic heterocycles. The summed E-state index contributed by atoms with van der Waals surface area (Å²) in [5.74, 6) is -0.188. The van der Waals surface area contributed by atoms with E-state index in [0.717, 1.165) is 12.2 Å². The summed E-state index contributed by atoms with van der Waals surface area (Å²) in [6.45, 7) is 6.11. The molecule has 1 atom stereocenters. The molecule has 1 unspecified atom stereocenters. The van der Waals surface area contributed by atoms with Crippen molar-refractivity contribution in [3.63, 3.8) is 0 Å². The van der Waals surface area contributed by atoms with Crippen LogP contribution in [0.15, 0.2) is 24.3 Å². The van der Waals surface area contributed by atoms with Gasteiger partial charge in [0.25, 0.3) is 0 Å². The molecule has 1 aromatic rings. The number of ether oxygens (including phenoxy) is 1. The molecule has 0 saturated heterocycles. The maximum Gasteiger partial charge on any atom is 0.123 e. The summed E-state index contributed by atoms with van der Waals surface area (Å²) in [5, 5.41) is 3.27. The monoisotopic (exact) mass is 211 g/mol. The lowest BCUT2D eigenvalue weighted by molar-refractivity contribution is 0.127. The lowest BCUT2D eigenvalue weighted by Gasteiger charge is -2.13. The maximum atomic E-state index is 12.8. The first-order valence-corrected chi connectivity index (χ1v) is 5.28. The average Bonchev–Trinajstić information content (AvgIpc) is 2.23. The Morgan fingerprint density at radius 3 is 2.93 bits per heavy atom. The molecule has 0 saturated carbocycles. The fourth-order valence-electron chi connectivity index (χ4n) is 1.29. The van der Waals surface area contributed by atoms with Crippen molar-refractivity contribution in [1.82, 2.24) is 5.32 Å². The lowest BCUT2D eigenvalue weighted by atomic mass is 10.2. The fourth-order valence-corrected chi connectivity index (χ4v) is 1.29. The van der Waals surface area contributed by atoms with Gasteiger partial charge in [0.2, 0.25) is 0 Å². The van der Waals surface area contributed by atoms with Crippen LogP contribution in [0.25, 0.3) is 0 Å². The van der Waals surface area contributed by atoms with Gasteiger partial charge in [-0.15, -0.1) is 0 Å². The Kier molecular flexibility index (Phi) is 5.29. The average molecular weight is 211 g/mol. The highest BCUT2D eigenvalue weighted by atomic mass is 19.1. The van der Waals surface area contributed by atoms with Crippen molar-refractivity contribution < 1.29 is 9.13 Å². The Labute approximate surface area is 90.4 Å². The maximum absolute atomic E-state index is 12.8. The molecule has 1 N–H and O–H groups in total. The van der Waals surface area contributed by atoms with Gasteiger partial charge < -0.3 is 10.1 Å². The molecule has 1 aromatic carbocycles. The van der Waals surface area contributed by atoms with E-state index in [1.165, 1.54) is 6.07 Å². The van der Waals surface area contributed by atoms with E-state index in [2.05, 4.69) is 12.2 Å². The smallest absolute Gasteiger partial charge is 0.123 e. The molecule has 0 fully saturated rings. The molecule has 15 heavy (non-hydrogen) atoms. The zero-order chi connectivity index (χ0) is 11.1. The third-order valence-electron chi connectivity index (χ3n) is 2.12. The predicted molar refractivity (Wildman–Crippen MR) is 59.2 cm³/mol. The van der Waals surface area contributed by atoms with Crippen molar-refractivity contribution in [3.05, 3.63) is 35.6 Å². The van der Waals surface area contributed by atoms with Crippen LogP contribution < -0.4 is 5.32 Å². The third-order valence-corrected chi connectivity index (χ3v) is 2.12. The topological polar surface area (TPSA) is 21.3 Å². The summed E-state index contributed by atoms with van der Waals surface area (Å²) < 4.78 is 18.1. The third kappa shape index (κ3) is 4.91. The Morgan fingerprint density at radius 2 is 2.27 bits per heavy atom. The van der Waals surface area contributed by atoms with Crippen molar-refractivity contribution in [2.45, 2.75) is 26.4 Å². The number of halogens is 1. The number of nitrogens with one attached hydrogen (secondary N) is 1. The van der Waals surface area contributed by atoms with E-state index in [1.807, 2.05) is 13.0 Å². The molecule has 0 spiro atoms. The minimum Gasteiger partial charge on any atom is -0.380 e. The zero-order valence-corrected chi connectivity index (χ0v) is 9.29. The van der Waals surface area contributed by atoms with E-state index in [1.54, 1.807) is 12.1 Å². The van der Waals surface area contributed by atoms with Gasteiger partial charge in [0, 0.05) is 19.2 Å². The van der Waals surface area contributed by atoms with Crippen LogP contribution in [0.1, 0.15) is 19.4 Å². The Bertz CT molecular complexity index is 291. The van der Waals surface area contributed by atoms with Gasteiger partial charge in [-0.25, -0.2) is 4.39 Å². The van der Waals surface area contributed by atoms with Crippen LogP contribution >= 0.6 is 0 Å². The van der Waals surface area contributed by atoms with Crippen molar-refractivity contribution in [3.8, 4) is 0 Å². The lowest BCUT2D eigenvalue weighted by Crippen LogP contribution is -2.30. The van der Waals surface area contributed by atoms with Crippen LogP contribution in [-0.2, 0) is 11.3 Å². The van der Waals surface area contributed by atoms with Gasteiger partial charge in [0.05, 0.1) is 6.61 Å². The molecule has 1 rings (SSSR count). The number of rotatable bonds is 6. The standard InChI is InChI=1S/C12H18FNO/c1-3-15-9-10(2)14-8-11-5-4-6-12(13)7-11/h4-7,10,14H,3,8-9H2,1-2H3. The SMILES string of the molecule is CCOCC(C)NCc1cccc(F)c1. The summed E-state index contributed by atoms with van der Waals surface area (Å²) in [7, 11) is 0. The molecule has 0 aliphatic carbocycles. The van der Waals surface area contributed by atoms with E-state index in [9.17, 15) is 4.39 Å². The van der Waals surface area contributed by atoms with Gasteiger partial charge in [-0.05, 0) is 31.5 Å². The number of hydrogen-bond donors (Lipinski definition) is 1. The van der Waals surface area contributed by atoms with Crippen LogP contribution in [0.3, 0.4) is 0 Å². The van der Waals surface area contributed by atoms with Gasteiger partial charge in [-0.1, -0.05) is 12.1 Å². The molecule has 3 heteroatoms. The first-order chi connectivity index (χ1) is 7.22. The first kappa shape index (κ1) is 12.1. The Balaban J connectivity index is 2.30. The normalized spacial score (nSPS) is 12.7. The summed E-state index contributed by atoms with van der Waals surface area (Å²) in [6, 6.07) is 6.91. The van der Waals surface area contributed by atoms with E-state index in [0.29, 0.717) is 13.2 Å². The summed E-state index contributed by atoms with van der Waals surface area (Å²) >= 11 is 0. The van der Waals surface area contributed by atoms with Crippen molar-refractivity contribution in [2.75, 3.05) is 13.2 Å². The molecular weight excluding hydrogens is 193 g/mol. The van der Waals surface area contributed by atoms with Crippen LogP contribution in [0.4, 0.5) is 4.39 Å². The minimum atomic E-state index is -0.188. The minimum absolute atomic E-state index is 0.188. The van der Waals surface area contributed by atoms with Crippen LogP contribution in [-0.4, -0.2) is 19.3 Å². The molecule has 0 amide bonds. The fraction of sp³-hybridized carbons (Fsp3) is 0.500. The summed E-state index contributed by atoms with van der Waals surface area (Å²) in [4.78, 5) is 0. The van der Waals surface area contributed by atoms with E-state index in [-0.39, 0.29) is 11.9 Å². The van der Waals surface area contributed by atoms with Gasteiger partial charge in [0.15, 0.2) is 0 Å². The highest BCUT2D eigenvalue weighted by molar-refractivity contribution is 5.15. The second-order valence-electron chi connectivity index (χ2n) is 3.57. The molecule has 2 nitrogen and oxygen atoms in total. The van der Waals surface area contributed by atoms with Crippen LogP contribution in [0, 0.1) is 5.82 Å². The highest BCUT2D eigenvalue weighted by Crippen LogP contribution is 2.03. The largest absolute Gasteiger partial charge is 0.380 e. The van der Waals surface area contributed by atoms with Crippen LogP contribution in [0.5, 0.6) is 0 Å². The number of hydrogen-bond acceptors (Lipinski definition) is 2. The quantitative estimate of drug-likeness (QED) is 0.779. The van der Waals surface area contributed by atoms with E-state index >= 15 is 0 Å². The van der Waals surface area contributed by atoms with Gasteiger partial charge in [0.1, 0.15) is 5.82 Å². The van der Waals surface area contributed by atoms with Gasteiger partial charge in [-0.2, -0.15) is 0 Å². The molecule has 0 bridgehead atoms. The molecule has 0 aliphatic rings. The second kappa shape index (κ2) is 6.53. The van der Waals surface area contributed by atoms with Crippen molar-refractivity contribution >= 4 is 0 Å². The first-order valence-electron chi connectivity index (χ1n) is 5.28. The second-order valence-corrected chi connectivity index (χ2v) is 3.57. The zero-order valence-electron chi connectivity index (χ0n) is 9.29. The predicted octanol–water partition coefficient (Wildman–Crippen LogP) is 2.34. The molecule has 84 valence electrons. The van der Waals surface area contributed by atoms with Gasteiger partial charge >= 0.3 is 0 Å². The molecule has 0 aromatic heterocycles. The summed E-state index contributed by atoms with van der Waals surface area (Å²) in [6.07, 6.45) is 0. The molecule has 0 radical (unpaired) electrons. The summed E-state index contributed by atoms with van der Waals surface area (Å²) in [5.41, 5.74) is 0.957. The highest BCUT2D eigenvalue weighted by Gasteiger charge is 2.01. The van der Waals surface area contributed by atoms with Crippen molar-refractivity contribution in [2.24, 2.45) is 0 Å². The Hall–Kier alpha value is -0.930. The van der Waals surface area contributed by atoms with Crippen LogP contribution in [0.2, 0.25) is 0 Å². The van der Waals surface area contributed by atoms with E-state index in [4.69, 9.17) is 4.74 Å². The number of benzene rings is 1.